The van der Waals surface area contributed by atoms with Crippen LogP contribution in [-0.2, 0) is 12.0 Å². The number of carboxylic acid groups (broad SMARTS) is 1. The third kappa shape index (κ3) is 5.74. The Morgan fingerprint density at radius 3 is 2.53 bits per heavy atom. The van der Waals surface area contributed by atoms with E-state index in [2.05, 4.69) is 37.0 Å². The van der Waals surface area contributed by atoms with Gasteiger partial charge in [0, 0.05) is 19.9 Å². The average Bonchev–Trinajstić information content (AvgIpc) is 2.82. The van der Waals surface area contributed by atoms with Gasteiger partial charge in [-0.15, -0.1) is 0 Å². The lowest BCUT2D eigenvalue weighted by Crippen LogP contribution is -2.29. The predicted octanol–water partition coefficient (Wildman–Crippen LogP) is 6.38. The molecule has 184 valence electrons. The van der Waals surface area contributed by atoms with Crippen molar-refractivity contribution >= 4 is 54.9 Å². The number of nitrogens with zero attached hydrogens (tertiary/aromatic N) is 3. The highest BCUT2D eigenvalue weighted by molar-refractivity contribution is 9.10. The van der Waals surface area contributed by atoms with E-state index in [0.29, 0.717) is 28.0 Å². The van der Waals surface area contributed by atoms with Crippen molar-refractivity contribution in [1.82, 2.24) is 9.66 Å². The smallest absolute Gasteiger partial charge is 0.335 e. The maximum atomic E-state index is 13.4. The highest BCUT2D eigenvalue weighted by atomic mass is 79.9. The van der Waals surface area contributed by atoms with Crippen molar-refractivity contribution < 1.29 is 14.6 Å². The summed E-state index contributed by atoms with van der Waals surface area (Å²) in [4.78, 5) is 29.4. The number of ether oxygens (including phenoxy) is 1. The zero-order valence-corrected chi connectivity index (χ0v) is 23.0. The maximum Gasteiger partial charge on any atom is 0.335 e. The first-order valence-electron chi connectivity index (χ1n) is 11.0. The van der Waals surface area contributed by atoms with Gasteiger partial charge in [0.1, 0.15) is 18.2 Å². The monoisotopic (exact) mass is 611 g/mol. The van der Waals surface area contributed by atoms with Crippen LogP contribution in [0.2, 0.25) is 0 Å². The summed E-state index contributed by atoms with van der Waals surface area (Å²) in [5.41, 5.74) is 1.44. The van der Waals surface area contributed by atoms with Crippen molar-refractivity contribution in [3.63, 3.8) is 0 Å². The summed E-state index contributed by atoms with van der Waals surface area (Å²) in [7, 11) is 0. The summed E-state index contributed by atoms with van der Waals surface area (Å²) in [5, 5.41) is 14.2. The summed E-state index contributed by atoms with van der Waals surface area (Å²) in [5.74, 6) is 0.0653. The number of aromatic nitrogens is 2. The minimum atomic E-state index is -0.996. The van der Waals surface area contributed by atoms with Gasteiger partial charge in [0.2, 0.25) is 0 Å². The Morgan fingerprint density at radius 1 is 1.08 bits per heavy atom. The van der Waals surface area contributed by atoms with Gasteiger partial charge in [-0.2, -0.15) is 9.78 Å². The minimum absolute atomic E-state index is 0.169. The Balaban J connectivity index is 1.73. The van der Waals surface area contributed by atoms with E-state index < -0.39 is 11.4 Å². The van der Waals surface area contributed by atoms with Gasteiger partial charge in [-0.05, 0) is 54.1 Å². The molecule has 0 aliphatic heterocycles. The van der Waals surface area contributed by atoms with Crippen LogP contribution < -0.4 is 10.3 Å². The Morgan fingerprint density at radius 2 is 1.81 bits per heavy atom. The maximum absolute atomic E-state index is 13.4. The second kappa shape index (κ2) is 10.4. The van der Waals surface area contributed by atoms with Gasteiger partial charge in [0.25, 0.3) is 5.56 Å². The van der Waals surface area contributed by atoms with E-state index in [4.69, 9.17) is 9.72 Å². The molecule has 0 amide bonds. The molecule has 0 saturated carbocycles. The highest BCUT2D eigenvalue weighted by Crippen LogP contribution is 2.25. The molecule has 0 unspecified atom stereocenters. The highest BCUT2D eigenvalue weighted by Gasteiger charge is 2.23. The molecule has 7 nitrogen and oxygen atoms in total. The molecule has 1 N–H and O–H groups in total. The van der Waals surface area contributed by atoms with E-state index in [1.807, 2.05) is 45.0 Å². The van der Waals surface area contributed by atoms with E-state index in [9.17, 15) is 14.7 Å². The molecule has 3 aromatic carbocycles. The Kier molecular flexibility index (Phi) is 7.42. The number of halogens is 2. The average molecular weight is 613 g/mol. The lowest BCUT2D eigenvalue weighted by molar-refractivity contribution is 0.0696. The molecule has 9 heteroatoms. The normalized spacial score (nSPS) is 11.8. The van der Waals surface area contributed by atoms with Crippen LogP contribution in [0.15, 0.2) is 79.5 Å². The molecule has 0 fully saturated rings. The molecule has 0 aliphatic rings. The summed E-state index contributed by atoms with van der Waals surface area (Å²) in [6.07, 6.45) is 1.57. The second-order valence-electron chi connectivity index (χ2n) is 9.18. The van der Waals surface area contributed by atoms with Crippen molar-refractivity contribution in [2.45, 2.75) is 32.8 Å². The molecular formula is C27H23Br2N3O4. The molecule has 1 aromatic heterocycles. The Labute approximate surface area is 224 Å². The van der Waals surface area contributed by atoms with Gasteiger partial charge >= 0.3 is 5.97 Å². The molecule has 0 bridgehead atoms. The molecule has 0 saturated heterocycles. The van der Waals surface area contributed by atoms with Crippen molar-refractivity contribution in [2.75, 3.05) is 0 Å². The lowest BCUT2D eigenvalue weighted by Gasteiger charge is -2.21. The Hall–Kier alpha value is -3.30. The van der Waals surface area contributed by atoms with Gasteiger partial charge in [-0.3, -0.25) is 4.79 Å². The number of aromatic carboxylic acids is 1. The van der Waals surface area contributed by atoms with Crippen molar-refractivity contribution in [2.24, 2.45) is 5.10 Å². The molecule has 0 atom stereocenters. The van der Waals surface area contributed by atoms with Gasteiger partial charge in [-0.1, -0.05) is 64.8 Å². The molecule has 1 heterocycles. The number of hydrogen-bond acceptors (Lipinski definition) is 5. The fourth-order valence-corrected chi connectivity index (χ4v) is 4.31. The zero-order chi connectivity index (χ0) is 26.0. The number of carbonyl (C=O) groups is 1. The number of hydrogen-bond donors (Lipinski definition) is 1. The SMILES string of the molecule is CC(C)(C)c1nc2ccc(Br)cc2c(=O)n1N=Cc1cc(Br)ccc1OCc1cccc(C(=O)O)c1. The van der Waals surface area contributed by atoms with Crippen molar-refractivity contribution in [3.05, 3.63) is 102 Å². The number of rotatable bonds is 6. The number of fused-ring (bicyclic) bond motifs is 1. The van der Waals surface area contributed by atoms with Gasteiger partial charge in [0.05, 0.1) is 22.7 Å². The summed E-state index contributed by atoms with van der Waals surface area (Å²) in [6.45, 7) is 6.10. The summed E-state index contributed by atoms with van der Waals surface area (Å²) >= 11 is 6.90. The third-order valence-electron chi connectivity index (χ3n) is 5.33. The first-order valence-corrected chi connectivity index (χ1v) is 12.6. The summed E-state index contributed by atoms with van der Waals surface area (Å²) in [6, 6.07) is 17.4. The molecule has 0 spiro atoms. The molecule has 0 aliphatic carbocycles. The molecule has 0 radical (unpaired) electrons. The van der Waals surface area contributed by atoms with E-state index in [-0.39, 0.29) is 17.7 Å². The van der Waals surface area contributed by atoms with Crippen LogP contribution in [0.1, 0.15) is 48.1 Å². The van der Waals surface area contributed by atoms with E-state index in [1.165, 1.54) is 10.7 Å². The molecule has 36 heavy (non-hydrogen) atoms. The summed E-state index contributed by atoms with van der Waals surface area (Å²) < 4.78 is 8.92. The number of benzene rings is 3. The number of carboxylic acids is 1. The first kappa shape index (κ1) is 25.8. The Bertz CT molecular complexity index is 1560. The zero-order valence-electron chi connectivity index (χ0n) is 19.8. The van der Waals surface area contributed by atoms with E-state index in [1.54, 1.807) is 36.5 Å². The van der Waals surface area contributed by atoms with Crippen LogP contribution in [-0.4, -0.2) is 27.0 Å². The molecular weight excluding hydrogens is 590 g/mol. The van der Waals surface area contributed by atoms with Gasteiger partial charge in [-0.25, -0.2) is 9.78 Å². The first-order chi connectivity index (χ1) is 17.0. The molecule has 4 rings (SSSR count). The van der Waals surface area contributed by atoms with Crippen LogP contribution in [0.4, 0.5) is 0 Å². The fraction of sp³-hybridized carbons (Fsp3) is 0.185. The standard InChI is InChI=1S/C27H23Br2N3O4/c1-27(2,3)26-31-22-9-7-20(29)13-21(22)24(33)32(26)30-14-18-12-19(28)8-10-23(18)36-15-16-5-4-6-17(11-16)25(34)35/h4-14H,15H2,1-3H3,(H,34,35). The van der Waals surface area contributed by atoms with E-state index >= 15 is 0 Å². The van der Waals surface area contributed by atoms with Crippen LogP contribution in [0.5, 0.6) is 5.75 Å². The quantitative estimate of drug-likeness (QED) is 0.255. The van der Waals surface area contributed by atoms with Crippen molar-refractivity contribution in [3.8, 4) is 5.75 Å². The molecule has 4 aromatic rings. The topological polar surface area (TPSA) is 93.8 Å². The minimum Gasteiger partial charge on any atom is -0.488 e. The largest absolute Gasteiger partial charge is 0.488 e. The lowest BCUT2D eigenvalue weighted by atomic mass is 9.95. The van der Waals surface area contributed by atoms with Crippen LogP contribution in [0.25, 0.3) is 10.9 Å². The van der Waals surface area contributed by atoms with E-state index in [0.717, 1.165) is 14.5 Å². The van der Waals surface area contributed by atoms with Crippen LogP contribution in [0.3, 0.4) is 0 Å². The van der Waals surface area contributed by atoms with Crippen LogP contribution >= 0.6 is 31.9 Å². The van der Waals surface area contributed by atoms with Gasteiger partial charge < -0.3 is 9.84 Å². The predicted molar refractivity (Wildman–Crippen MR) is 147 cm³/mol. The fourth-order valence-electron chi connectivity index (χ4n) is 3.57. The van der Waals surface area contributed by atoms with Crippen LogP contribution in [0, 0.1) is 0 Å². The van der Waals surface area contributed by atoms with Gasteiger partial charge in [0.15, 0.2) is 0 Å². The third-order valence-corrected chi connectivity index (χ3v) is 6.32. The van der Waals surface area contributed by atoms with Crippen molar-refractivity contribution in [1.29, 1.82) is 0 Å². The second-order valence-corrected chi connectivity index (χ2v) is 11.0.